The normalized spacial score (nSPS) is 20.2. The number of amides is 1. The van der Waals surface area contributed by atoms with Crippen molar-refractivity contribution in [2.24, 2.45) is 0 Å². The summed E-state index contributed by atoms with van der Waals surface area (Å²) in [5, 5.41) is 0.00178. The summed E-state index contributed by atoms with van der Waals surface area (Å²) >= 11 is 5.72. The third-order valence-corrected chi connectivity index (χ3v) is 5.27. The van der Waals surface area contributed by atoms with Crippen LogP contribution in [0.5, 0.6) is 5.75 Å². The summed E-state index contributed by atoms with van der Waals surface area (Å²) in [5.74, 6) is -0.101. The van der Waals surface area contributed by atoms with Crippen LogP contribution < -0.4 is 4.74 Å². The summed E-state index contributed by atoms with van der Waals surface area (Å²) in [6.45, 7) is 3.51. The Morgan fingerprint density at radius 3 is 2.71 bits per heavy atom. The van der Waals surface area contributed by atoms with Crippen LogP contribution in [0.15, 0.2) is 18.2 Å². The lowest BCUT2D eigenvalue weighted by molar-refractivity contribution is -0.133. The largest absolute Gasteiger partial charge is 0.484 e. The molecule has 2 fully saturated rings. The Labute approximate surface area is 147 Å². The minimum absolute atomic E-state index is 0.00178. The second-order valence-corrected chi connectivity index (χ2v) is 6.98. The van der Waals surface area contributed by atoms with E-state index in [0.29, 0.717) is 11.8 Å². The molecule has 0 unspecified atom stereocenters. The molecule has 0 N–H and O–H groups in total. The smallest absolute Gasteiger partial charge is 0.260 e. The second kappa shape index (κ2) is 8.17. The van der Waals surface area contributed by atoms with Gasteiger partial charge in [-0.25, -0.2) is 4.39 Å². The lowest BCUT2D eigenvalue weighted by Gasteiger charge is -2.27. The fourth-order valence-electron chi connectivity index (χ4n) is 3.62. The van der Waals surface area contributed by atoms with Crippen LogP contribution in [0, 0.1) is 5.82 Å². The molecule has 1 aromatic rings. The van der Waals surface area contributed by atoms with Crippen LogP contribution >= 0.6 is 11.6 Å². The number of hydrogen-bond acceptors (Lipinski definition) is 3. The molecule has 1 amide bonds. The molecule has 1 aromatic carbocycles. The van der Waals surface area contributed by atoms with Gasteiger partial charge in [-0.1, -0.05) is 24.4 Å². The molecule has 4 nitrogen and oxygen atoms in total. The minimum Gasteiger partial charge on any atom is -0.484 e. The first-order chi connectivity index (χ1) is 11.6. The Hall–Kier alpha value is -1.33. The molecule has 2 aliphatic rings. The van der Waals surface area contributed by atoms with Crippen LogP contribution in [0.3, 0.4) is 0 Å². The van der Waals surface area contributed by atoms with Crippen molar-refractivity contribution >= 4 is 17.5 Å². The summed E-state index contributed by atoms with van der Waals surface area (Å²) in [4.78, 5) is 16.8. The second-order valence-electron chi connectivity index (χ2n) is 6.57. The van der Waals surface area contributed by atoms with Gasteiger partial charge in [0.05, 0.1) is 5.02 Å². The number of benzene rings is 1. The number of ether oxygens (including phenoxy) is 1. The molecule has 0 bridgehead atoms. The van der Waals surface area contributed by atoms with Gasteiger partial charge in [-0.15, -0.1) is 0 Å². The first-order valence-electron chi connectivity index (χ1n) is 8.73. The van der Waals surface area contributed by atoms with Crippen molar-refractivity contribution < 1.29 is 13.9 Å². The highest BCUT2D eigenvalue weighted by molar-refractivity contribution is 6.30. The standard InChI is InChI=1S/C18H24ClFN2O2/c19-16-12-15(6-7-17(16)20)24-13-18(23)22-9-3-8-21(10-11-22)14-4-1-2-5-14/h6-7,12,14H,1-5,8-11,13H2. The maximum Gasteiger partial charge on any atom is 0.260 e. The van der Waals surface area contributed by atoms with E-state index in [4.69, 9.17) is 16.3 Å². The van der Waals surface area contributed by atoms with Crippen molar-refractivity contribution in [2.75, 3.05) is 32.8 Å². The summed E-state index contributed by atoms with van der Waals surface area (Å²) in [5.41, 5.74) is 0. The summed E-state index contributed by atoms with van der Waals surface area (Å²) in [6.07, 6.45) is 6.26. The zero-order valence-electron chi connectivity index (χ0n) is 13.8. The first kappa shape index (κ1) is 17.5. The summed E-state index contributed by atoms with van der Waals surface area (Å²) in [7, 11) is 0. The highest BCUT2D eigenvalue weighted by atomic mass is 35.5. The Bertz CT molecular complexity index is 578. The highest BCUT2D eigenvalue weighted by Crippen LogP contribution is 2.24. The molecule has 132 valence electrons. The molecular weight excluding hydrogens is 331 g/mol. The summed E-state index contributed by atoms with van der Waals surface area (Å²) < 4.78 is 18.6. The van der Waals surface area contributed by atoms with Crippen molar-refractivity contribution in [1.29, 1.82) is 0 Å². The lowest BCUT2D eigenvalue weighted by Crippen LogP contribution is -2.40. The zero-order valence-corrected chi connectivity index (χ0v) is 14.6. The molecule has 1 heterocycles. The SMILES string of the molecule is O=C(COc1ccc(F)c(Cl)c1)N1CCCN(C2CCCC2)CC1. The van der Waals surface area contributed by atoms with E-state index in [1.165, 1.54) is 43.9 Å². The number of carbonyl (C=O) groups is 1. The molecule has 1 aliphatic carbocycles. The van der Waals surface area contributed by atoms with Crippen LogP contribution in [0.25, 0.3) is 0 Å². The first-order valence-corrected chi connectivity index (χ1v) is 9.11. The molecule has 1 aliphatic heterocycles. The van der Waals surface area contributed by atoms with Crippen LogP contribution in [0.2, 0.25) is 5.02 Å². The van der Waals surface area contributed by atoms with E-state index in [1.807, 2.05) is 4.90 Å². The fraction of sp³-hybridized carbons (Fsp3) is 0.611. The van der Waals surface area contributed by atoms with Gasteiger partial charge >= 0.3 is 0 Å². The van der Waals surface area contributed by atoms with E-state index in [0.717, 1.165) is 32.6 Å². The molecule has 24 heavy (non-hydrogen) atoms. The van der Waals surface area contributed by atoms with E-state index >= 15 is 0 Å². The number of nitrogens with zero attached hydrogens (tertiary/aromatic N) is 2. The highest BCUT2D eigenvalue weighted by Gasteiger charge is 2.26. The fourth-order valence-corrected chi connectivity index (χ4v) is 3.79. The van der Waals surface area contributed by atoms with E-state index in [-0.39, 0.29) is 17.5 Å². The molecule has 0 atom stereocenters. The Morgan fingerprint density at radius 1 is 1.17 bits per heavy atom. The van der Waals surface area contributed by atoms with E-state index in [1.54, 1.807) is 0 Å². The molecule has 0 radical (unpaired) electrons. The number of hydrogen-bond donors (Lipinski definition) is 0. The number of halogens is 2. The molecule has 1 saturated heterocycles. The van der Waals surface area contributed by atoms with Crippen molar-refractivity contribution in [2.45, 2.75) is 38.1 Å². The van der Waals surface area contributed by atoms with Gasteiger partial charge < -0.3 is 9.64 Å². The third kappa shape index (κ3) is 4.39. The van der Waals surface area contributed by atoms with Gasteiger partial charge in [-0.2, -0.15) is 0 Å². The molecule has 0 spiro atoms. The predicted octanol–water partition coefficient (Wildman–Crippen LogP) is 3.33. The Kier molecular flexibility index (Phi) is 5.95. The van der Waals surface area contributed by atoms with Crippen LogP contribution in [-0.4, -0.2) is 54.5 Å². The van der Waals surface area contributed by atoms with Crippen molar-refractivity contribution in [3.05, 3.63) is 29.0 Å². The Balaban J connectivity index is 1.48. The monoisotopic (exact) mass is 354 g/mol. The van der Waals surface area contributed by atoms with E-state index in [9.17, 15) is 9.18 Å². The maximum absolute atomic E-state index is 13.1. The average Bonchev–Trinajstić information content (AvgIpc) is 3.00. The Morgan fingerprint density at radius 2 is 1.96 bits per heavy atom. The minimum atomic E-state index is -0.491. The molecular formula is C18H24ClFN2O2. The maximum atomic E-state index is 13.1. The predicted molar refractivity (Wildman–Crippen MR) is 91.9 cm³/mol. The molecule has 0 aromatic heterocycles. The quantitative estimate of drug-likeness (QED) is 0.831. The summed E-state index contributed by atoms with van der Waals surface area (Å²) in [6, 6.07) is 4.83. The van der Waals surface area contributed by atoms with Crippen molar-refractivity contribution in [3.63, 3.8) is 0 Å². The van der Waals surface area contributed by atoms with Gasteiger partial charge in [0, 0.05) is 38.3 Å². The molecule has 1 saturated carbocycles. The topological polar surface area (TPSA) is 32.8 Å². The van der Waals surface area contributed by atoms with Crippen molar-refractivity contribution in [3.8, 4) is 5.75 Å². The van der Waals surface area contributed by atoms with Gasteiger partial charge in [0.25, 0.3) is 5.91 Å². The van der Waals surface area contributed by atoms with Crippen LogP contribution in [0.1, 0.15) is 32.1 Å². The third-order valence-electron chi connectivity index (χ3n) is 4.98. The van der Waals surface area contributed by atoms with Gasteiger partial charge in [-0.05, 0) is 31.4 Å². The molecule has 3 rings (SSSR count). The number of carbonyl (C=O) groups excluding carboxylic acids is 1. The van der Waals surface area contributed by atoms with E-state index in [2.05, 4.69) is 4.90 Å². The van der Waals surface area contributed by atoms with Gasteiger partial charge in [0.1, 0.15) is 11.6 Å². The van der Waals surface area contributed by atoms with Crippen LogP contribution in [0.4, 0.5) is 4.39 Å². The van der Waals surface area contributed by atoms with Gasteiger partial charge in [0.15, 0.2) is 6.61 Å². The lowest BCUT2D eigenvalue weighted by atomic mass is 10.2. The number of rotatable bonds is 4. The van der Waals surface area contributed by atoms with Crippen LogP contribution in [-0.2, 0) is 4.79 Å². The van der Waals surface area contributed by atoms with E-state index < -0.39 is 5.82 Å². The van der Waals surface area contributed by atoms with Gasteiger partial charge in [0.2, 0.25) is 0 Å². The van der Waals surface area contributed by atoms with Gasteiger partial charge in [-0.3, -0.25) is 9.69 Å². The zero-order chi connectivity index (χ0) is 16.9. The van der Waals surface area contributed by atoms with Crippen molar-refractivity contribution in [1.82, 2.24) is 9.80 Å². The molecule has 6 heteroatoms. The average molecular weight is 355 g/mol.